The standard InChI is InChI=1S/C25H30N2O11S4/c1-14-4-6-17(16(3)28)8-23(14)41(35,36)26-19-10-39(31,32)12-21(19)27(22-13-40(33,34)11-20(22)26)42(37,38)24-9-18(25(29)30)7-5-15(24)2/h4-9,16,19-22,28H,10-13H2,1-3H3,(H,29,30)/t16-,19-,20-,21+,22+/m0/s1. The third kappa shape index (κ3) is 5.07. The second-order valence-corrected chi connectivity index (χ2v) is 19.0. The van der Waals surface area contributed by atoms with Gasteiger partial charge in [-0.1, -0.05) is 18.2 Å². The predicted molar refractivity (Wildman–Crippen MR) is 150 cm³/mol. The van der Waals surface area contributed by atoms with Gasteiger partial charge in [-0.3, -0.25) is 0 Å². The lowest BCUT2D eigenvalue weighted by Gasteiger charge is -2.49. The van der Waals surface area contributed by atoms with Gasteiger partial charge in [-0.25, -0.2) is 38.5 Å². The van der Waals surface area contributed by atoms with Crippen LogP contribution in [0.5, 0.6) is 0 Å². The largest absolute Gasteiger partial charge is 0.478 e. The number of sulfonamides is 2. The number of fused-ring (bicyclic) bond motifs is 2. The van der Waals surface area contributed by atoms with Gasteiger partial charge in [0.25, 0.3) is 0 Å². The van der Waals surface area contributed by atoms with E-state index >= 15 is 0 Å². The molecule has 0 amide bonds. The molecule has 0 unspecified atom stereocenters. The zero-order valence-electron chi connectivity index (χ0n) is 22.8. The molecule has 13 nitrogen and oxygen atoms in total. The molecular formula is C25H30N2O11S4. The summed E-state index contributed by atoms with van der Waals surface area (Å²) in [6.45, 7) is 4.36. The summed E-state index contributed by atoms with van der Waals surface area (Å²) in [6, 6.07) is 1.80. The molecule has 0 radical (unpaired) electrons. The topological polar surface area (TPSA) is 201 Å². The van der Waals surface area contributed by atoms with Crippen LogP contribution in [0.4, 0.5) is 0 Å². The highest BCUT2D eigenvalue weighted by Crippen LogP contribution is 2.44. The summed E-state index contributed by atoms with van der Waals surface area (Å²) in [5.41, 5.74) is 0.334. The quantitative estimate of drug-likeness (QED) is 0.424. The molecule has 2 aromatic rings. The molecule has 3 fully saturated rings. The first-order valence-corrected chi connectivity index (χ1v) is 19.4. The molecule has 0 aliphatic carbocycles. The van der Waals surface area contributed by atoms with Crippen molar-refractivity contribution in [3.63, 3.8) is 0 Å². The number of hydrogen-bond donors (Lipinski definition) is 2. The minimum atomic E-state index is -4.73. The van der Waals surface area contributed by atoms with Gasteiger partial charge in [0.2, 0.25) is 20.0 Å². The van der Waals surface area contributed by atoms with Crippen molar-refractivity contribution in [2.24, 2.45) is 0 Å². The minimum absolute atomic E-state index is 0.149. The van der Waals surface area contributed by atoms with Crippen molar-refractivity contribution in [2.45, 2.75) is 60.8 Å². The lowest BCUT2D eigenvalue weighted by molar-refractivity contribution is 0.0696. The zero-order chi connectivity index (χ0) is 31.2. The molecule has 3 aliphatic heterocycles. The number of carbonyl (C=O) groups is 1. The third-order valence-corrected chi connectivity index (χ3v) is 15.7. The fourth-order valence-electron chi connectivity index (χ4n) is 6.19. The molecule has 2 N–H and O–H groups in total. The Kier molecular flexibility index (Phi) is 7.44. The van der Waals surface area contributed by atoms with Gasteiger partial charge in [0.05, 0.1) is 68.6 Å². The average Bonchev–Trinajstić information content (AvgIpc) is 3.34. The molecular weight excluding hydrogens is 633 g/mol. The van der Waals surface area contributed by atoms with Gasteiger partial charge in [0.1, 0.15) is 0 Å². The van der Waals surface area contributed by atoms with Crippen molar-refractivity contribution in [1.82, 2.24) is 8.61 Å². The minimum Gasteiger partial charge on any atom is -0.478 e. The molecule has 2 aromatic carbocycles. The number of aryl methyl sites for hydroxylation is 2. The van der Waals surface area contributed by atoms with Crippen molar-refractivity contribution in [3.8, 4) is 0 Å². The van der Waals surface area contributed by atoms with Crippen LogP contribution < -0.4 is 0 Å². The summed E-state index contributed by atoms with van der Waals surface area (Å²) in [4.78, 5) is 10.9. The third-order valence-electron chi connectivity index (χ3n) is 8.14. The first-order chi connectivity index (χ1) is 19.3. The summed E-state index contributed by atoms with van der Waals surface area (Å²) in [6.07, 6.45) is -1.04. The van der Waals surface area contributed by atoms with Crippen LogP contribution in [-0.2, 0) is 39.7 Å². The Balaban J connectivity index is 1.74. The van der Waals surface area contributed by atoms with Gasteiger partial charge in [-0.15, -0.1) is 0 Å². The maximum Gasteiger partial charge on any atom is 0.335 e. The number of carboxylic acids is 1. The van der Waals surface area contributed by atoms with Crippen molar-refractivity contribution in [1.29, 1.82) is 0 Å². The van der Waals surface area contributed by atoms with Crippen LogP contribution in [-0.4, -0.2) is 106 Å². The van der Waals surface area contributed by atoms with E-state index < -0.39 is 104 Å². The van der Waals surface area contributed by atoms with E-state index in [4.69, 9.17) is 0 Å². The van der Waals surface area contributed by atoms with E-state index in [0.717, 1.165) is 14.7 Å². The number of sulfone groups is 2. The Bertz CT molecular complexity index is 1870. The van der Waals surface area contributed by atoms with Gasteiger partial charge in [0, 0.05) is 0 Å². The maximum absolute atomic E-state index is 14.3. The van der Waals surface area contributed by atoms with E-state index in [-0.39, 0.29) is 27.1 Å². The molecule has 0 saturated carbocycles. The van der Waals surface area contributed by atoms with E-state index in [0.29, 0.717) is 0 Å². The summed E-state index contributed by atoms with van der Waals surface area (Å²) >= 11 is 0. The molecule has 0 spiro atoms. The van der Waals surface area contributed by atoms with Gasteiger partial charge < -0.3 is 10.2 Å². The van der Waals surface area contributed by atoms with Gasteiger partial charge in [-0.2, -0.15) is 8.61 Å². The van der Waals surface area contributed by atoms with Gasteiger partial charge >= 0.3 is 5.97 Å². The van der Waals surface area contributed by atoms with Crippen molar-refractivity contribution >= 4 is 45.7 Å². The van der Waals surface area contributed by atoms with Crippen molar-refractivity contribution < 1.29 is 48.7 Å². The highest BCUT2D eigenvalue weighted by molar-refractivity contribution is 7.93. The van der Waals surface area contributed by atoms with Crippen LogP contribution in [0, 0.1) is 13.8 Å². The summed E-state index contributed by atoms with van der Waals surface area (Å²) in [5.74, 6) is -4.39. The molecule has 3 heterocycles. The van der Waals surface area contributed by atoms with Crippen molar-refractivity contribution in [2.75, 3.05) is 23.0 Å². The molecule has 230 valence electrons. The number of aromatic carboxylic acids is 1. The Labute approximate surface area is 244 Å². The van der Waals surface area contributed by atoms with Crippen LogP contribution in [0.1, 0.15) is 40.1 Å². The number of benzene rings is 2. The number of aliphatic hydroxyl groups excluding tert-OH is 1. The monoisotopic (exact) mass is 662 g/mol. The fourth-order valence-corrected chi connectivity index (χ4v) is 14.7. The Hall–Kier alpha value is -2.41. The molecule has 3 saturated heterocycles. The number of carboxylic acid groups (broad SMARTS) is 1. The fraction of sp³-hybridized carbons (Fsp3) is 0.480. The van der Waals surface area contributed by atoms with E-state index in [1.54, 1.807) is 0 Å². The van der Waals surface area contributed by atoms with E-state index in [2.05, 4.69) is 0 Å². The first kappa shape index (κ1) is 31.0. The summed E-state index contributed by atoms with van der Waals surface area (Å²) < 4.78 is 111. The molecule has 5 atom stereocenters. The van der Waals surface area contributed by atoms with Crippen LogP contribution in [0.15, 0.2) is 46.2 Å². The summed E-state index contributed by atoms with van der Waals surface area (Å²) in [5, 5.41) is 19.6. The number of piperazine rings is 1. The zero-order valence-corrected chi connectivity index (χ0v) is 26.0. The second kappa shape index (κ2) is 10.1. The smallest absolute Gasteiger partial charge is 0.335 e. The molecule has 42 heavy (non-hydrogen) atoms. The first-order valence-electron chi connectivity index (χ1n) is 12.9. The number of nitrogens with zero attached hydrogens (tertiary/aromatic N) is 2. The number of aliphatic hydroxyl groups is 1. The molecule has 17 heteroatoms. The van der Waals surface area contributed by atoms with Crippen LogP contribution in [0.2, 0.25) is 0 Å². The Morgan fingerprint density at radius 1 is 0.762 bits per heavy atom. The van der Waals surface area contributed by atoms with Gasteiger partial charge in [-0.05, 0) is 55.7 Å². The number of rotatable bonds is 6. The lowest BCUT2D eigenvalue weighted by atomic mass is 10.0. The number of hydrogen-bond acceptors (Lipinski definition) is 10. The highest BCUT2D eigenvalue weighted by Gasteiger charge is 2.64. The normalized spacial score (nSPS) is 28.2. The van der Waals surface area contributed by atoms with Crippen LogP contribution in [0.25, 0.3) is 0 Å². The van der Waals surface area contributed by atoms with E-state index in [1.807, 2.05) is 0 Å². The van der Waals surface area contributed by atoms with E-state index in [1.165, 1.54) is 51.1 Å². The molecule has 3 aliphatic rings. The van der Waals surface area contributed by atoms with Gasteiger partial charge in [0.15, 0.2) is 19.7 Å². The predicted octanol–water partition coefficient (Wildman–Crippen LogP) is 0.0813. The highest BCUT2D eigenvalue weighted by atomic mass is 32.2. The maximum atomic E-state index is 14.3. The van der Waals surface area contributed by atoms with Crippen LogP contribution >= 0.6 is 0 Å². The second-order valence-electron chi connectivity index (χ2n) is 11.1. The Morgan fingerprint density at radius 3 is 1.52 bits per heavy atom. The molecule has 0 bridgehead atoms. The molecule has 0 aromatic heterocycles. The average molecular weight is 663 g/mol. The van der Waals surface area contributed by atoms with Crippen LogP contribution in [0.3, 0.4) is 0 Å². The summed E-state index contributed by atoms with van der Waals surface area (Å²) in [7, 11) is -17.4. The SMILES string of the molecule is Cc1ccc(C(=O)O)cc1S(=O)(=O)N1[C@@H]2CS(=O)(=O)C[C@@H]2N(S(=O)(=O)c2cc([C@H](C)O)ccc2C)[C@H]2CS(=O)(=O)C[C@H]21. The lowest BCUT2D eigenvalue weighted by Crippen LogP contribution is -2.70. The van der Waals surface area contributed by atoms with Crippen molar-refractivity contribution in [3.05, 3.63) is 58.7 Å². The Morgan fingerprint density at radius 2 is 1.14 bits per heavy atom. The van der Waals surface area contributed by atoms with E-state index in [9.17, 15) is 48.7 Å². The molecule has 5 rings (SSSR count).